The van der Waals surface area contributed by atoms with E-state index in [4.69, 9.17) is 5.21 Å². The maximum atomic E-state index is 13.4. The minimum absolute atomic E-state index is 0.298. The summed E-state index contributed by atoms with van der Waals surface area (Å²) < 4.78 is 14.7. The molecule has 0 spiro atoms. The number of oxime groups is 1. The van der Waals surface area contributed by atoms with Gasteiger partial charge in [-0.15, -0.1) is 5.10 Å². The SMILES string of the molecule is CC(=NO)c1cn(-c2ccccc2F)nn1. The molecule has 0 aliphatic heterocycles. The van der Waals surface area contributed by atoms with Crippen molar-refractivity contribution in [2.24, 2.45) is 5.16 Å². The second-order valence-electron chi connectivity index (χ2n) is 3.19. The first-order valence-corrected chi connectivity index (χ1v) is 4.58. The molecule has 2 aromatic rings. The Morgan fingerprint density at radius 1 is 1.44 bits per heavy atom. The Kier molecular flexibility index (Phi) is 2.63. The van der Waals surface area contributed by atoms with Crippen LogP contribution in [-0.2, 0) is 0 Å². The molecule has 0 aliphatic rings. The molecule has 0 amide bonds. The first-order valence-electron chi connectivity index (χ1n) is 4.58. The van der Waals surface area contributed by atoms with Crippen LogP contribution in [0.25, 0.3) is 5.69 Å². The summed E-state index contributed by atoms with van der Waals surface area (Å²) in [6.45, 7) is 1.58. The van der Waals surface area contributed by atoms with Crippen molar-refractivity contribution >= 4 is 5.71 Å². The molecule has 6 heteroatoms. The second-order valence-corrected chi connectivity index (χ2v) is 3.19. The van der Waals surface area contributed by atoms with Gasteiger partial charge in [-0.3, -0.25) is 0 Å². The Bertz CT molecular complexity index is 535. The molecule has 5 nitrogen and oxygen atoms in total. The van der Waals surface area contributed by atoms with Crippen LogP contribution in [0.4, 0.5) is 4.39 Å². The summed E-state index contributed by atoms with van der Waals surface area (Å²) in [6.07, 6.45) is 1.49. The molecule has 0 saturated heterocycles. The van der Waals surface area contributed by atoms with Gasteiger partial charge in [0, 0.05) is 0 Å². The largest absolute Gasteiger partial charge is 0.411 e. The molecule has 0 aliphatic carbocycles. The molecule has 0 fully saturated rings. The molecule has 0 saturated carbocycles. The van der Waals surface area contributed by atoms with E-state index >= 15 is 0 Å². The van der Waals surface area contributed by atoms with Crippen molar-refractivity contribution < 1.29 is 9.60 Å². The highest BCUT2D eigenvalue weighted by atomic mass is 19.1. The van der Waals surface area contributed by atoms with Crippen LogP contribution in [0.1, 0.15) is 12.6 Å². The molecule has 0 bridgehead atoms. The van der Waals surface area contributed by atoms with E-state index in [1.807, 2.05) is 0 Å². The monoisotopic (exact) mass is 220 g/mol. The zero-order valence-electron chi connectivity index (χ0n) is 8.50. The number of rotatable bonds is 2. The topological polar surface area (TPSA) is 63.3 Å². The minimum Gasteiger partial charge on any atom is -0.411 e. The average Bonchev–Trinajstić information content (AvgIpc) is 2.78. The summed E-state index contributed by atoms with van der Waals surface area (Å²) in [5, 5.41) is 19.1. The van der Waals surface area contributed by atoms with Gasteiger partial charge in [0.2, 0.25) is 0 Å². The Labute approximate surface area is 90.8 Å². The van der Waals surface area contributed by atoms with Gasteiger partial charge < -0.3 is 5.21 Å². The smallest absolute Gasteiger partial charge is 0.148 e. The quantitative estimate of drug-likeness (QED) is 0.475. The van der Waals surface area contributed by atoms with E-state index in [9.17, 15) is 4.39 Å². The molecule has 16 heavy (non-hydrogen) atoms. The van der Waals surface area contributed by atoms with Crippen molar-refractivity contribution in [1.29, 1.82) is 0 Å². The Balaban J connectivity index is 2.43. The van der Waals surface area contributed by atoms with Crippen LogP contribution in [0.2, 0.25) is 0 Å². The lowest BCUT2D eigenvalue weighted by atomic mass is 10.3. The fourth-order valence-electron chi connectivity index (χ4n) is 1.24. The van der Waals surface area contributed by atoms with Gasteiger partial charge in [0.05, 0.1) is 6.20 Å². The molecular weight excluding hydrogens is 211 g/mol. The maximum Gasteiger partial charge on any atom is 0.148 e. The summed E-state index contributed by atoms with van der Waals surface area (Å²) in [5.74, 6) is -0.391. The lowest BCUT2D eigenvalue weighted by molar-refractivity contribution is 0.319. The van der Waals surface area contributed by atoms with Crippen molar-refractivity contribution in [3.63, 3.8) is 0 Å². The van der Waals surface area contributed by atoms with Crippen LogP contribution in [0.3, 0.4) is 0 Å². The molecule has 1 N–H and O–H groups in total. The normalized spacial score (nSPS) is 11.8. The molecule has 0 radical (unpaired) electrons. The fraction of sp³-hybridized carbons (Fsp3) is 0.100. The van der Waals surface area contributed by atoms with Crippen LogP contribution < -0.4 is 0 Å². The van der Waals surface area contributed by atoms with Gasteiger partial charge in [-0.2, -0.15) is 0 Å². The number of hydrogen-bond donors (Lipinski definition) is 1. The number of aromatic nitrogens is 3. The average molecular weight is 220 g/mol. The van der Waals surface area contributed by atoms with Gasteiger partial charge in [0.1, 0.15) is 22.9 Å². The lowest BCUT2D eigenvalue weighted by Gasteiger charge is -1.99. The van der Waals surface area contributed by atoms with Crippen molar-refractivity contribution in [2.45, 2.75) is 6.92 Å². The summed E-state index contributed by atoms with van der Waals surface area (Å²) in [5.41, 5.74) is 1.01. The summed E-state index contributed by atoms with van der Waals surface area (Å²) >= 11 is 0. The third kappa shape index (κ3) is 1.77. The summed E-state index contributed by atoms with van der Waals surface area (Å²) in [6, 6.07) is 6.22. The van der Waals surface area contributed by atoms with Crippen molar-refractivity contribution in [3.05, 3.63) is 42.0 Å². The molecule has 2 rings (SSSR count). The van der Waals surface area contributed by atoms with Gasteiger partial charge in [0.25, 0.3) is 0 Å². The van der Waals surface area contributed by atoms with E-state index < -0.39 is 5.82 Å². The first kappa shape index (κ1) is 10.3. The van der Waals surface area contributed by atoms with Gasteiger partial charge in [-0.1, -0.05) is 22.5 Å². The van der Waals surface area contributed by atoms with Crippen molar-refractivity contribution in [2.75, 3.05) is 0 Å². The Morgan fingerprint density at radius 3 is 2.88 bits per heavy atom. The van der Waals surface area contributed by atoms with E-state index in [0.29, 0.717) is 17.1 Å². The summed E-state index contributed by atoms with van der Waals surface area (Å²) in [4.78, 5) is 0. The van der Waals surface area contributed by atoms with Crippen LogP contribution >= 0.6 is 0 Å². The fourth-order valence-corrected chi connectivity index (χ4v) is 1.24. The lowest BCUT2D eigenvalue weighted by Crippen LogP contribution is -1.98. The Morgan fingerprint density at radius 2 is 2.19 bits per heavy atom. The molecule has 1 aromatic heterocycles. The predicted molar refractivity (Wildman–Crippen MR) is 55.3 cm³/mol. The van der Waals surface area contributed by atoms with Crippen LogP contribution in [0.15, 0.2) is 35.6 Å². The highest BCUT2D eigenvalue weighted by Gasteiger charge is 2.08. The highest BCUT2D eigenvalue weighted by molar-refractivity contribution is 5.96. The molecule has 0 atom stereocenters. The third-order valence-corrected chi connectivity index (χ3v) is 2.11. The number of hydrogen-bond acceptors (Lipinski definition) is 4. The molecule has 82 valence electrons. The van der Waals surface area contributed by atoms with Crippen LogP contribution in [0, 0.1) is 5.82 Å². The highest BCUT2D eigenvalue weighted by Crippen LogP contribution is 2.11. The van der Waals surface area contributed by atoms with Crippen molar-refractivity contribution in [3.8, 4) is 5.69 Å². The molecular formula is C10H9FN4O. The van der Waals surface area contributed by atoms with E-state index in [-0.39, 0.29) is 0 Å². The second kappa shape index (κ2) is 4.09. The number of para-hydroxylation sites is 1. The minimum atomic E-state index is -0.391. The number of nitrogens with zero attached hydrogens (tertiary/aromatic N) is 4. The van der Waals surface area contributed by atoms with Crippen LogP contribution in [0.5, 0.6) is 0 Å². The standard InChI is InChI=1S/C10H9FN4O/c1-7(13-16)9-6-15(14-12-9)10-5-3-2-4-8(10)11/h2-6,16H,1H3. The van der Waals surface area contributed by atoms with Gasteiger partial charge in [0.15, 0.2) is 0 Å². The molecule has 1 aromatic carbocycles. The summed E-state index contributed by atoms with van der Waals surface area (Å²) in [7, 11) is 0. The molecule has 1 heterocycles. The van der Waals surface area contributed by atoms with E-state index in [1.54, 1.807) is 25.1 Å². The van der Waals surface area contributed by atoms with E-state index in [2.05, 4.69) is 15.5 Å². The maximum absolute atomic E-state index is 13.4. The van der Waals surface area contributed by atoms with E-state index in [1.165, 1.54) is 16.9 Å². The van der Waals surface area contributed by atoms with Crippen LogP contribution in [-0.4, -0.2) is 25.9 Å². The van der Waals surface area contributed by atoms with Crippen molar-refractivity contribution in [1.82, 2.24) is 15.0 Å². The third-order valence-electron chi connectivity index (χ3n) is 2.11. The first-order chi connectivity index (χ1) is 7.72. The van der Waals surface area contributed by atoms with Gasteiger partial charge in [-0.25, -0.2) is 9.07 Å². The predicted octanol–water partition coefficient (Wildman–Crippen LogP) is 1.60. The zero-order valence-corrected chi connectivity index (χ0v) is 8.50. The van der Waals surface area contributed by atoms with E-state index in [0.717, 1.165) is 0 Å². The molecule has 0 unspecified atom stereocenters. The number of halogens is 1. The van der Waals surface area contributed by atoms with Gasteiger partial charge in [-0.05, 0) is 19.1 Å². The number of benzene rings is 1. The van der Waals surface area contributed by atoms with Gasteiger partial charge >= 0.3 is 0 Å². The zero-order chi connectivity index (χ0) is 11.5. The Hall–Kier alpha value is -2.24.